The van der Waals surface area contributed by atoms with E-state index < -0.39 is 0 Å². The monoisotopic (exact) mass is 830 g/mol. The summed E-state index contributed by atoms with van der Waals surface area (Å²) in [5.74, 6) is 0.720. The molecular weight excluding hydrogens is 787 g/mol. The van der Waals surface area contributed by atoms with Crippen molar-refractivity contribution in [3.05, 3.63) is 283 Å². The summed E-state index contributed by atoms with van der Waals surface area (Å²) in [6.07, 6.45) is 2.19. The Bertz CT molecular complexity index is 3260. The minimum atomic E-state index is -0.192. The molecule has 11 rings (SSSR count). The Balaban J connectivity index is 0.897. The number of aliphatic imine (C=N–C) groups is 1. The van der Waals surface area contributed by atoms with E-state index >= 15 is 0 Å². The summed E-state index contributed by atoms with van der Waals surface area (Å²) < 4.78 is 0. The first kappa shape index (κ1) is 39.3. The Morgan fingerprint density at radius 3 is 1.22 bits per heavy atom. The molecule has 1 aliphatic heterocycles. The molecule has 1 heterocycles. The summed E-state index contributed by atoms with van der Waals surface area (Å²) in [5, 5.41) is 7.68. The number of fused-ring (bicyclic) bond motifs is 1. The van der Waals surface area contributed by atoms with Gasteiger partial charge >= 0.3 is 0 Å². The van der Waals surface area contributed by atoms with Gasteiger partial charge in [0, 0.05) is 22.8 Å². The first-order valence-corrected chi connectivity index (χ1v) is 22.2. The van der Waals surface area contributed by atoms with Crippen molar-refractivity contribution in [1.82, 2.24) is 0 Å². The van der Waals surface area contributed by atoms with Crippen LogP contribution in [0, 0.1) is 0 Å². The molecule has 1 aliphatic rings. The van der Waals surface area contributed by atoms with Gasteiger partial charge < -0.3 is 15.2 Å². The lowest BCUT2D eigenvalue weighted by Crippen LogP contribution is -2.10. The molecule has 10 aromatic rings. The number of benzene rings is 10. The molecule has 0 fully saturated rings. The fraction of sp³-hybridized carbons (Fsp3) is 0.0161. The van der Waals surface area contributed by atoms with Gasteiger partial charge in [-0.05, 0) is 103 Å². The van der Waals surface area contributed by atoms with Crippen LogP contribution in [-0.2, 0) is 0 Å². The van der Waals surface area contributed by atoms with E-state index in [4.69, 9.17) is 10.3 Å². The Hall–Kier alpha value is -8.53. The molecule has 0 amide bonds. The highest BCUT2D eigenvalue weighted by molar-refractivity contribution is 6.12. The second-order valence-electron chi connectivity index (χ2n) is 16.4. The smallest absolute Gasteiger partial charge is 0.0540 e. The molecule has 0 N–H and O–H groups in total. The molecule has 0 saturated carbocycles. The minimum Gasteiger partial charge on any atom is -0.454 e. The van der Waals surface area contributed by atoms with Crippen LogP contribution in [-0.4, -0.2) is 5.84 Å². The van der Waals surface area contributed by atoms with Crippen molar-refractivity contribution in [3.63, 3.8) is 0 Å². The van der Waals surface area contributed by atoms with Gasteiger partial charge in [0.15, 0.2) is 0 Å². The third-order valence-electron chi connectivity index (χ3n) is 12.3. The predicted octanol–water partition coefficient (Wildman–Crippen LogP) is 16.9. The molecule has 3 nitrogen and oxygen atoms in total. The molecule has 0 radical (unpaired) electrons. The van der Waals surface area contributed by atoms with E-state index in [1.165, 1.54) is 44.2 Å². The molecule has 0 aromatic heterocycles. The second kappa shape index (κ2) is 17.7. The fourth-order valence-electron chi connectivity index (χ4n) is 8.82. The molecule has 308 valence electrons. The van der Waals surface area contributed by atoms with Gasteiger partial charge in [-0.2, -0.15) is 0 Å². The van der Waals surface area contributed by atoms with Crippen molar-refractivity contribution in [1.29, 1.82) is 0 Å². The van der Waals surface area contributed by atoms with Crippen LogP contribution in [0.1, 0.15) is 22.7 Å². The summed E-state index contributed by atoms with van der Waals surface area (Å²) >= 11 is 0. The molecule has 1 atom stereocenters. The van der Waals surface area contributed by atoms with Crippen molar-refractivity contribution in [3.8, 4) is 44.5 Å². The van der Waals surface area contributed by atoms with Crippen LogP contribution in [0.4, 0.5) is 17.1 Å². The summed E-state index contributed by atoms with van der Waals surface area (Å²) in [6, 6.07) is 90.4. The zero-order valence-corrected chi connectivity index (χ0v) is 35.7. The molecule has 1 unspecified atom stereocenters. The molecule has 65 heavy (non-hydrogen) atoms. The third kappa shape index (κ3) is 8.27. The highest BCUT2D eigenvalue weighted by Gasteiger charge is 2.17. The fourth-order valence-corrected chi connectivity index (χ4v) is 8.82. The van der Waals surface area contributed by atoms with Gasteiger partial charge in [-0.15, -0.1) is 0 Å². The van der Waals surface area contributed by atoms with Gasteiger partial charge in [0.25, 0.3) is 0 Å². The van der Waals surface area contributed by atoms with Crippen molar-refractivity contribution in [2.75, 3.05) is 4.90 Å². The lowest BCUT2D eigenvalue weighted by atomic mass is 9.96. The topological polar surface area (TPSA) is 29.7 Å². The number of rotatable bonds is 10. The van der Waals surface area contributed by atoms with Crippen molar-refractivity contribution in [2.24, 2.45) is 4.99 Å². The summed E-state index contributed by atoms with van der Waals surface area (Å²) in [4.78, 5) is 7.57. The Kier molecular flexibility index (Phi) is 10.7. The summed E-state index contributed by atoms with van der Waals surface area (Å²) in [6.45, 7) is 0. The van der Waals surface area contributed by atoms with Gasteiger partial charge in [-0.1, -0.05) is 236 Å². The Morgan fingerprint density at radius 2 is 0.708 bits per heavy atom. The zero-order chi connectivity index (χ0) is 43.4. The highest BCUT2D eigenvalue weighted by atomic mass is 15.1. The quantitative estimate of drug-likeness (QED) is 0.135. The predicted molar refractivity (Wildman–Crippen MR) is 274 cm³/mol. The molecule has 10 aromatic carbocycles. The Morgan fingerprint density at radius 1 is 0.323 bits per heavy atom. The van der Waals surface area contributed by atoms with Crippen LogP contribution < -0.4 is 4.90 Å². The average Bonchev–Trinajstić information content (AvgIpc) is 3.40. The number of nitrogens with zero attached hydrogens (tertiary/aromatic N) is 3. The molecular formula is C62H44N3-. The van der Waals surface area contributed by atoms with Crippen molar-refractivity contribution in [2.45, 2.75) is 6.04 Å². The summed E-state index contributed by atoms with van der Waals surface area (Å²) in [7, 11) is 0. The molecule has 0 spiro atoms. The maximum atomic E-state index is 5.27. The average molecular weight is 831 g/mol. The van der Waals surface area contributed by atoms with Crippen LogP contribution in [0.25, 0.3) is 66.3 Å². The molecule has 0 aliphatic carbocycles. The van der Waals surface area contributed by atoms with Crippen molar-refractivity contribution < 1.29 is 0 Å². The molecule has 3 heteroatoms. The van der Waals surface area contributed by atoms with Crippen LogP contribution in [0.3, 0.4) is 0 Å². The van der Waals surface area contributed by atoms with Crippen LogP contribution in [0.15, 0.2) is 266 Å². The zero-order valence-electron chi connectivity index (χ0n) is 35.7. The minimum absolute atomic E-state index is 0.192. The van der Waals surface area contributed by atoms with E-state index in [9.17, 15) is 0 Å². The van der Waals surface area contributed by atoms with E-state index in [-0.39, 0.29) is 6.04 Å². The number of amidine groups is 1. The lowest BCUT2D eigenvalue weighted by Gasteiger charge is -2.33. The Labute approximate surface area is 381 Å². The van der Waals surface area contributed by atoms with E-state index in [0.29, 0.717) is 0 Å². The number of hydrogen-bond acceptors (Lipinski definition) is 2. The van der Waals surface area contributed by atoms with Crippen molar-refractivity contribution >= 4 is 39.4 Å². The van der Waals surface area contributed by atoms with Gasteiger partial charge in [-0.3, -0.25) is 0 Å². The maximum absolute atomic E-state index is 5.27. The largest absolute Gasteiger partial charge is 0.454 e. The lowest BCUT2D eigenvalue weighted by molar-refractivity contribution is 1.04. The van der Waals surface area contributed by atoms with Gasteiger partial charge in [0.2, 0.25) is 0 Å². The molecule has 0 saturated heterocycles. The summed E-state index contributed by atoms with van der Waals surface area (Å²) in [5.41, 5.74) is 16.8. The first-order valence-electron chi connectivity index (χ1n) is 22.2. The van der Waals surface area contributed by atoms with E-state index in [0.717, 1.165) is 56.4 Å². The van der Waals surface area contributed by atoms with Crippen LogP contribution in [0.2, 0.25) is 0 Å². The third-order valence-corrected chi connectivity index (χ3v) is 12.3. The highest BCUT2D eigenvalue weighted by Crippen LogP contribution is 2.41. The molecule has 0 bridgehead atoms. The maximum Gasteiger partial charge on any atom is 0.0540 e. The second-order valence-corrected chi connectivity index (χ2v) is 16.4. The van der Waals surface area contributed by atoms with E-state index in [1.54, 1.807) is 0 Å². The van der Waals surface area contributed by atoms with E-state index in [2.05, 4.69) is 260 Å². The number of hydrogen-bond donors (Lipinski definition) is 0. The SMILES string of the molecule is C1=C(c2ccc(-c3ccccc3)cc2)N=C(c2ccc(-c3ccc(N(c4ccc(-c5ccccc5)cc4)c4cccc5ccccc45)cc3)cc2)[N-]C1c1ccc(-c2ccccc2)cc1. The van der Waals surface area contributed by atoms with Crippen LogP contribution in [0.5, 0.6) is 0 Å². The number of anilines is 3. The van der Waals surface area contributed by atoms with E-state index in [1.807, 2.05) is 6.07 Å². The van der Waals surface area contributed by atoms with Gasteiger partial charge in [-0.25, -0.2) is 0 Å². The normalized spacial score (nSPS) is 13.4. The van der Waals surface area contributed by atoms with Gasteiger partial charge in [0.05, 0.1) is 5.69 Å². The van der Waals surface area contributed by atoms with Gasteiger partial charge in [0.1, 0.15) is 0 Å². The van der Waals surface area contributed by atoms with Crippen LogP contribution >= 0.6 is 0 Å². The first-order chi connectivity index (χ1) is 32.2. The standard InChI is InChI=1S/C62H44N3/c1-4-13-44(14-5-1)47-23-29-53(30-24-47)59-43-60(54-31-25-48(26-32-54)45-15-6-2-7-16-45)64-62(63-59)55-33-27-49(28-34-55)51-37-41-57(42-38-51)65(61-22-12-20-52-19-10-11-21-58(52)61)56-39-35-50(36-40-56)46-17-8-3-9-18-46/h1-43,59H/q-1.